The molecule has 1 saturated carbocycles. The fourth-order valence-electron chi connectivity index (χ4n) is 2.32. The Kier molecular flexibility index (Phi) is 3.81. The summed E-state index contributed by atoms with van der Waals surface area (Å²) in [6, 6.07) is 3.80. The van der Waals surface area contributed by atoms with Crippen LogP contribution in [0.15, 0.2) is 23.5 Å². The predicted molar refractivity (Wildman–Crippen MR) is 70.5 cm³/mol. The molecule has 1 heterocycles. The van der Waals surface area contributed by atoms with E-state index in [4.69, 9.17) is 10.9 Å². The van der Waals surface area contributed by atoms with Gasteiger partial charge in [0, 0.05) is 18.3 Å². The van der Waals surface area contributed by atoms with Crippen molar-refractivity contribution >= 4 is 5.84 Å². The van der Waals surface area contributed by atoms with E-state index < -0.39 is 0 Å². The average molecular weight is 248 g/mol. The molecule has 0 aliphatic heterocycles. The van der Waals surface area contributed by atoms with Crippen molar-refractivity contribution < 1.29 is 5.21 Å². The van der Waals surface area contributed by atoms with E-state index in [9.17, 15) is 0 Å². The Morgan fingerprint density at radius 2 is 2.39 bits per heavy atom. The van der Waals surface area contributed by atoms with E-state index >= 15 is 0 Å². The largest absolute Gasteiger partial charge is 0.409 e. The molecule has 5 heteroatoms. The van der Waals surface area contributed by atoms with Crippen LogP contribution in [-0.4, -0.2) is 21.6 Å². The summed E-state index contributed by atoms with van der Waals surface area (Å²) in [7, 11) is 0. The first-order chi connectivity index (χ1) is 8.69. The molecule has 0 aromatic carbocycles. The third kappa shape index (κ3) is 2.61. The van der Waals surface area contributed by atoms with E-state index in [2.05, 4.69) is 22.4 Å². The van der Waals surface area contributed by atoms with Crippen molar-refractivity contribution in [2.24, 2.45) is 10.9 Å². The molecule has 1 aliphatic rings. The first-order valence-electron chi connectivity index (χ1n) is 6.37. The zero-order chi connectivity index (χ0) is 13.0. The molecule has 0 amide bonds. The van der Waals surface area contributed by atoms with Gasteiger partial charge in [0.25, 0.3) is 0 Å². The Hall–Kier alpha value is -1.62. The molecule has 0 bridgehead atoms. The lowest BCUT2D eigenvalue weighted by Crippen LogP contribution is -2.49. The third-order valence-electron chi connectivity index (χ3n) is 3.85. The van der Waals surface area contributed by atoms with E-state index in [1.807, 2.05) is 12.1 Å². The average Bonchev–Trinajstić information content (AvgIpc) is 2.37. The molecule has 0 atom stereocenters. The van der Waals surface area contributed by atoms with Gasteiger partial charge in [-0.3, -0.25) is 4.98 Å². The summed E-state index contributed by atoms with van der Waals surface area (Å²) in [5, 5.41) is 15.2. The van der Waals surface area contributed by atoms with E-state index in [1.165, 1.54) is 19.3 Å². The highest BCUT2D eigenvalue weighted by atomic mass is 16.4. The molecule has 5 nitrogen and oxygen atoms in total. The molecule has 0 radical (unpaired) electrons. The maximum absolute atomic E-state index is 8.63. The molecule has 18 heavy (non-hydrogen) atoms. The molecule has 1 fully saturated rings. The van der Waals surface area contributed by atoms with Gasteiger partial charge in [0.2, 0.25) is 0 Å². The smallest absolute Gasteiger partial charge is 0.188 e. The normalized spacial score (nSPS) is 18.4. The molecule has 1 aromatic rings. The van der Waals surface area contributed by atoms with Crippen LogP contribution in [-0.2, 0) is 6.54 Å². The second kappa shape index (κ2) is 5.35. The Morgan fingerprint density at radius 3 is 2.94 bits per heavy atom. The SMILES string of the molecule is CCC1(NCc2ccnc(/C(N)=N/O)c2)CCC1. The molecule has 0 spiro atoms. The monoisotopic (exact) mass is 248 g/mol. The summed E-state index contributed by atoms with van der Waals surface area (Å²) < 4.78 is 0. The molecule has 2 rings (SSSR count). The second-order valence-corrected chi connectivity index (χ2v) is 4.88. The first kappa shape index (κ1) is 12.8. The van der Waals surface area contributed by atoms with E-state index in [1.54, 1.807) is 6.20 Å². The number of aromatic nitrogens is 1. The standard InChI is InChI=1S/C13H20N4O/c1-2-13(5-3-6-13)16-9-10-4-7-15-11(8-10)12(14)17-18/h4,7-8,16,18H,2-3,5-6,9H2,1H3,(H2,14,17). The van der Waals surface area contributed by atoms with Gasteiger partial charge in [0.1, 0.15) is 5.69 Å². The van der Waals surface area contributed by atoms with Gasteiger partial charge in [0.05, 0.1) is 0 Å². The van der Waals surface area contributed by atoms with Crippen LogP contribution in [0.3, 0.4) is 0 Å². The van der Waals surface area contributed by atoms with Crippen molar-refractivity contribution in [3.05, 3.63) is 29.6 Å². The number of rotatable bonds is 5. The number of nitrogens with zero attached hydrogens (tertiary/aromatic N) is 2. The van der Waals surface area contributed by atoms with Gasteiger partial charge >= 0.3 is 0 Å². The molecule has 0 saturated heterocycles. The molecular formula is C13H20N4O. The fraction of sp³-hybridized carbons (Fsp3) is 0.538. The molecule has 4 N–H and O–H groups in total. The maximum atomic E-state index is 8.63. The zero-order valence-corrected chi connectivity index (χ0v) is 10.7. The van der Waals surface area contributed by atoms with Crippen molar-refractivity contribution in [2.75, 3.05) is 0 Å². The van der Waals surface area contributed by atoms with Crippen LogP contribution in [0.5, 0.6) is 0 Å². The lowest BCUT2D eigenvalue weighted by molar-refractivity contribution is 0.175. The van der Waals surface area contributed by atoms with Crippen LogP contribution in [0.25, 0.3) is 0 Å². The van der Waals surface area contributed by atoms with Gasteiger partial charge in [0.15, 0.2) is 5.84 Å². The van der Waals surface area contributed by atoms with E-state index in [0.29, 0.717) is 11.2 Å². The van der Waals surface area contributed by atoms with E-state index in [0.717, 1.165) is 18.5 Å². The minimum absolute atomic E-state index is 0.0469. The Bertz CT molecular complexity index is 435. The van der Waals surface area contributed by atoms with Crippen LogP contribution >= 0.6 is 0 Å². The van der Waals surface area contributed by atoms with Crippen molar-refractivity contribution in [1.82, 2.24) is 10.3 Å². The number of nitrogens with one attached hydrogen (secondary N) is 1. The highest BCUT2D eigenvalue weighted by Gasteiger charge is 2.34. The van der Waals surface area contributed by atoms with Gasteiger partial charge in [-0.25, -0.2) is 0 Å². The highest BCUT2D eigenvalue weighted by Crippen LogP contribution is 2.34. The van der Waals surface area contributed by atoms with E-state index in [-0.39, 0.29) is 5.84 Å². The summed E-state index contributed by atoms with van der Waals surface area (Å²) in [6.07, 6.45) is 6.66. The van der Waals surface area contributed by atoms with Crippen LogP contribution in [0.4, 0.5) is 0 Å². The first-order valence-corrected chi connectivity index (χ1v) is 6.37. The van der Waals surface area contributed by atoms with Gasteiger partial charge in [-0.1, -0.05) is 12.1 Å². The number of hydrogen-bond donors (Lipinski definition) is 3. The Morgan fingerprint density at radius 1 is 1.61 bits per heavy atom. The number of nitrogens with two attached hydrogens (primary N) is 1. The van der Waals surface area contributed by atoms with Gasteiger partial charge < -0.3 is 16.3 Å². The second-order valence-electron chi connectivity index (χ2n) is 4.88. The van der Waals surface area contributed by atoms with Crippen LogP contribution in [0.1, 0.15) is 43.9 Å². The van der Waals surface area contributed by atoms with Crippen LogP contribution in [0, 0.1) is 0 Å². The van der Waals surface area contributed by atoms with Crippen molar-refractivity contribution in [3.63, 3.8) is 0 Å². The number of hydrogen-bond acceptors (Lipinski definition) is 4. The van der Waals surface area contributed by atoms with Crippen molar-refractivity contribution in [3.8, 4) is 0 Å². The Labute approximate surface area is 107 Å². The van der Waals surface area contributed by atoms with Gasteiger partial charge in [-0.2, -0.15) is 0 Å². The highest BCUT2D eigenvalue weighted by molar-refractivity contribution is 5.95. The predicted octanol–water partition coefficient (Wildman–Crippen LogP) is 1.60. The molecule has 1 aliphatic carbocycles. The van der Waals surface area contributed by atoms with Crippen molar-refractivity contribution in [1.29, 1.82) is 0 Å². The maximum Gasteiger partial charge on any atom is 0.188 e. The summed E-state index contributed by atoms with van der Waals surface area (Å²) in [4.78, 5) is 4.07. The lowest BCUT2D eigenvalue weighted by atomic mass is 9.75. The van der Waals surface area contributed by atoms with Crippen LogP contribution in [0.2, 0.25) is 0 Å². The number of oxime groups is 1. The summed E-state index contributed by atoms with van der Waals surface area (Å²) in [5.74, 6) is 0.0469. The van der Waals surface area contributed by atoms with Gasteiger partial charge in [-0.05, 0) is 43.4 Å². The topological polar surface area (TPSA) is 83.5 Å². The summed E-state index contributed by atoms with van der Waals surface area (Å²) >= 11 is 0. The Balaban J connectivity index is 2.01. The summed E-state index contributed by atoms with van der Waals surface area (Å²) in [5.41, 5.74) is 7.46. The molecule has 0 unspecified atom stereocenters. The zero-order valence-electron chi connectivity index (χ0n) is 10.7. The third-order valence-corrected chi connectivity index (χ3v) is 3.85. The minimum Gasteiger partial charge on any atom is -0.409 e. The molecule has 1 aromatic heterocycles. The molecule has 98 valence electrons. The number of pyridine rings is 1. The molecular weight excluding hydrogens is 228 g/mol. The fourth-order valence-corrected chi connectivity index (χ4v) is 2.32. The van der Waals surface area contributed by atoms with Crippen LogP contribution < -0.4 is 11.1 Å². The number of amidine groups is 1. The minimum atomic E-state index is 0.0469. The quantitative estimate of drug-likeness (QED) is 0.320. The summed E-state index contributed by atoms with van der Waals surface area (Å²) in [6.45, 7) is 3.02. The lowest BCUT2D eigenvalue weighted by Gasteiger charge is -2.42. The van der Waals surface area contributed by atoms with Crippen molar-refractivity contribution in [2.45, 2.75) is 44.7 Å². The van der Waals surface area contributed by atoms with Gasteiger partial charge in [-0.15, -0.1) is 0 Å².